The molecule has 162 valence electrons. The Morgan fingerprint density at radius 2 is 1.84 bits per heavy atom. The van der Waals surface area contributed by atoms with Crippen LogP contribution >= 0.6 is 0 Å². The molecule has 0 spiro atoms. The molecule has 1 aliphatic heterocycles. The lowest BCUT2D eigenvalue weighted by Crippen LogP contribution is -2.38. The number of aromatic nitrogens is 1. The van der Waals surface area contributed by atoms with Crippen molar-refractivity contribution in [3.05, 3.63) is 65.6 Å². The Balaban J connectivity index is 1.22. The van der Waals surface area contributed by atoms with E-state index in [2.05, 4.69) is 5.16 Å². The number of para-hydroxylation sites is 1. The second kappa shape index (κ2) is 9.29. The van der Waals surface area contributed by atoms with Gasteiger partial charge in [-0.05, 0) is 68.0 Å². The highest BCUT2D eigenvalue weighted by molar-refractivity contribution is 6.03. The molecular weight excluding hydrogens is 397 g/mol. The molecule has 1 fully saturated rings. The van der Waals surface area contributed by atoms with Gasteiger partial charge in [-0.1, -0.05) is 17.3 Å². The third kappa shape index (κ3) is 4.76. The molecule has 3 aromatic rings. The molecule has 1 saturated heterocycles. The molecule has 0 atom stereocenters. The van der Waals surface area contributed by atoms with Crippen LogP contribution in [0.2, 0.25) is 0 Å². The zero-order valence-corrected chi connectivity index (χ0v) is 17.6. The first kappa shape index (κ1) is 21.0. The average molecular weight is 423 g/mol. The van der Waals surface area contributed by atoms with Gasteiger partial charge in [-0.15, -0.1) is 0 Å². The van der Waals surface area contributed by atoms with Crippen LogP contribution in [0.15, 0.2) is 53.1 Å². The molecule has 6 nitrogen and oxygen atoms in total. The lowest BCUT2D eigenvalue weighted by atomic mass is 9.91. The van der Waals surface area contributed by atoms with E-state index >= 15 is 0 Å². The zero-order chi connectivity index (χ0) is 21.8. The standard InChI is InChI=1S/C24H26FN3O3/c1-27(24(30)22-20-6-2-3-7-21(20)31-26-22)14-4-5-17-12-15-28(16-13-17)23(29)18-8-10-19(25)11-9-18/h2-3,6-11,17H,4-5,12-16H2,1H3. The number of hydrogen-bond donors (Lipinski definition) is 0. The van der Waals surface area contributed by atoms with Gasteiger partial charge in [0.1, 0.15) is 5.82 Å². The summed E-state index contributed by atoms with van der Waals surface area (Å²) in [7, 11) is 1.79. The summed E-state index contributed by atoms with van der Waals surface area (Å²) < 4.78 is 18.3. The number of carbonyl (C=O) groups excluding carboxylic acids is 2. The van der Waals surface area contributed by atoms with Gasteiger partial charge in [0.05, 0.1) is 5.39 Å². The maximum absolute atomic E-state index is 13.1. The summed E-state index contributed by atoms with van der Waals surface area (Å²) in [6, 6.07) is 13.1. The van der Waals surface area contributed by atoms with Crippen LogP contribution in [0.1, 0.15) is 46.5 Å². The van der Waals surface area contributed by atoms with Crippen LogP contribution in [0.4, 0.5) is 4.39 Å². The third-order valence-corrected chi connectivity index (χ3v) is 6.03. The van der Waals surface area contributed by atoms with Gasteiger partial charge in [-0.2, -0.15) is 0 Å². The minimum atomic E-state index is -0.338. The molecule has 0 unspecified atom stereocenters. The van der Waals surface area contributed by atoms with Gasteiger partial charge in [-0.25, -0.2) is 4.39 Å². The molecular formula is C24H26FN3O3. The molecule has 1 aliphatic rings. The molecule has 4 rings (SSSR count). The molecule has 0 bridgehead atoms. The molecule has 2 amide bonds. The first-order valence-corrected chi connectivity index (χ1v) is 10.7. The second-order valence-corrected chi connectivity index (χ2v) is 8.14. The molecule has 2 aromatic carbocycles. The molecule has 0 saturated carbocycles. The van der Waals surface area contributed by atoms with E-state index in [1.165, 1.54) is 24.3 Å². The second-order valence-electron chi connectivity index (χ2n) is 8.14. The van der Waals surface area contributed by atoms with E-state index in [0.29, 0.717) is 42.4 Å². The van der Waals surface area contributed by atoms with Crippen molar-refractivity contribution in [2.45, 2.75) is 25.7 Å². The van der Waals surface area contributed by atoms with Crippen molar-refractivity contribution in [3.8, 4) is 0 Å². The summed E-state index contributed by atoms with van der Waals surface area (Å²) in [4.78, 5) is 28.8. The van der Waals surface area contributed by atoms with Gasteiger partial charge in [-0.3, -0.25) is 9.59 Å². The minimum absolute atomic E-state index is 0.0383. The van der Waals surface area contributed by atoms with Crippen LogP contribution in [-0.2, 0) is 0 Å². The van der Waals surface area contributed by atoms with Gasteiger partial charge in [0.15, 0.2) is 11.3 Å². The van der Waals surface area contributed by atoms with Crippen molar-refractivity contribution in [3.63, 3.8) is 0 Å². The number of benzene rings is 2. The maximum Gasteiger partial charge on any atom is 0.276 e. The number of hydrogen-bond acceptors (Lipinski definition) is 4. The predicted molar refractivity (Wildman–Crippen MR) is 115 cm³/mol. The van der Waals surface area contributed by atoms with Crippen molar-refractivity contribution in [1.29, 1.82) is 0 Å². The van der Waals surface area contributed by atoms with Crippen molar-refractivity contribution < 1.29 is 18.5 Å². The van der Waals surface area contributed by atoms with Crippen LogP contribution in [0.5, 0.6) is 0 Å². The Kier molecular flexibility index (Phi) is 6.30. The highest BCUT2D eigenvalue weighted by Crippen LogP contribution is 2.24. The summed E-state index contributed by atoms with van der Waals surface area (Å²) >= 11 is 0. The SMILES string of the molecule is CN(CCCC1CCN(C(=O)c2ccc(F)cc2)CC1)C(=O)c1noc2ccccc12. The monoisotopic (exact) mass is 423 g/mol. The quantitative estimate of drug-likeness (QED) is 0.590. The highest BCUT2D eigenvalue weighted by Gasteiger charge is 2.24. The topological polar surface area (TPSA) is 66.7 Å². The van der Waals surface area contributed by atoms with Crippen molar-refractivity contribution in [1.82, 2.24) is 15.0 Å². The first-order chi connectivity index (χ1) is 15.0. The smallest absolute Gasteiger partial charge is 0.276 e. The van der Waals surface area contributed by atoms with Crippen molar-refractivity contribution in [2.75, 3.05) is 26.7 Å². The van der Waals surface area contributed by atoms with Crippen LogP contribution < -0.4 is 0 Å². The normalized spacial score (nSPS) is 14.7. The summed E-state index contributed by atoms with van der Waals surface area (Å²) in [5.41, 5.74) is 1.49. The molecule has 0 aliphatic carbocycles. The van der Waals surface area contributed by atoms with E-state index in [1.807, 2.05) is 23.1 Å². The van der Waals surface area contributed by atoms with E-state index in [-0.39, 0.29) is 17.6 Å². The molecule has 31 heavy (non-hydrogen) atoms. The molecule has 2 heterocycles. The Bertz CT molecular complexity index is 1060. The summed E-state index contributed by atoms with van der Waals surface area (Å²) in [5.74, 6) is 0.0254. The average Bonchev–Trinajstić information content (AvgIpc) is 3.23. The fourth-order valence-electron chi connectivity index (χ4n) is 4.14. The maximum atomic E-state index is 13.1. The van der Waals surface area contributed by atoms with Crippen LogP contribution in [0, 0.1) is 11.7 Å². The van der Waals surface area contributed by atoms with Crippen molar-refractivity contribution in [2.24, 2.45) is 5.92 Å². The number of halogens is 1. The lowest BCUT2D eigenvalue weighted by Gasteiger charge is -2.32. The van der Waals surface area contributed by atoms with Crippen molar-refractivity contribution >= 4 is 22.8 Å². The fourth-order valence-corrected chi connectivity index (χ4v) is 4.14. The van der Waals surface area contributed by atoms with Crippen LogP contribution in [0.25, 0.3) is 11.0 Å². The number of rotatable bonds is 6. The predicted octanol–water partition coefficient (Wildman–Crippen LogP) is 4.37. The summed E-state index contributed by atoms with van der Waals surface area (Å²) in [6.45, 7) is 2.07. The number of likely N-dealkylation sites (tertiary alicyclic amines) is 1. The first-order valence-electron chi connectivity index (χ1n) is 10.7. The Morgan fingerprint density at radius 1 is 1.13 bits per heavy atom. The van der Waals surface area contributed by atoms with Gasteiger partial charge < -0.3 is 14.3 Å². The van der Waals surface area contributed by atoms with Crippen LogP contribution in [-0.4, -0.2) is 53.5 Å². The van der Waals surface area contributed by atoms with E-state index in [4.69, 9.17) is 4.52 Å². The largest absolute Gasteiger partial charge is 0.355 e. The molecule has 7 heteroatoms. The summed E-state index contributed by atoms with van der Waals surface area (Å²) in [6.07, 6.45) is 3.79. The third-order valence-electron chi connectivity index (χ3n) is 6.03. The zero-order valence-electron chi connectivity index (χ0n) is 17.6. The summed E-state index contributed by atoms with van der Waals surface area (Å²) in [5, 5.41) is 4.68. The van der Waals surface area contributed by atoms with E-state index < -0.39 is 0 Å². The highest BCUT2D eigenvalue weighted by atomic mass is 19.1. The molecule has 1 aromatic heterocycles. The molecule has 0 radical (unpaired) electrons. The lowest BCUT2D eigenvalue weighted by molar-refractivity contribution is 0.0678. The van der Waals surface area contributed by atoms with E-state index in [9.17, 15) is 14.0 Å². The number of amides is 2. The van der Waals surface area contributed by atoms with E-state index in [1.54, 1.807) is 18.0 Å². The fraction of sp³-hybridized carbons (Fsp3) is 0.375. The number of fused-ring (bicyclic) bond motifs is 1. The van der Waals surface area contributed by atoms with Crippen LogP contribution in [0.3, 0.4) is 0 Å². The van der Waals surface area contributed by atoms with E-state index in [0.717, 1.165) is 31.1 Å². The number of nitrogens with zero attached hydrogens (tertiary/aromatic N) is 3. The van der Waals surface area contributed by atoms with Gasteiger partial charge in [0.2, 0.25) is 0 Å². The number of carbonyl (C=O) groups is 2. The van der Waals surface area contributed by atoms with Gasteiger partial charge >= 0.3 is 0 Å². The van der Waals surface area contributed by atoms with Gasteiger partial charge in [0, 0.05) is 32.2 Å². The Morgan fingerprint density at radius 3 is 2.58 bits per heavy atom. The number of piperidine rings is 1. The molecule has 0 N–H and O–H groups in total. The Labute approximate surface area is 180 Å². The minimum Gasteiger partial charge on any atom is -0.355 e. The Hall–Kier alpha value is -3.22. The van der Waals surface area contributed by atoms with Gasteiger partial charge in [0.25, 0.3) is 11.8 Å².